The van der Waals surface area contributed by atoms with Crippen molar-refractivity contribution in [1.82, 2.24) is 24.5 Å². The van der Waals surface area contributed by atoms with Gasteiger partial charge >= 0.3 is 0 Å². The largest absolute Gasteiger partial charge is 0.383 e. The Bertz CT molecular complexity index is 1370. The summed E-state index contributed by atoms with van der Waals surface area (Å²) in [7, 11) is 0. The summed E-state index contributed by atoms with van der Waals surface area (Å²) in [5, 5.41) is 9.01. The molecule has 1 saturated heterocycles. The highest BCUT2D eigenvalue weighted by atomic mass is 19.1. The maximum Gasteiger partial charge on any atom is 0.298 e. The number of carbonyl (C=O) groups excluding carboxylic acids is 2. The number of hydrogen-bond acceptors (Lipinski definition) is 5. The lowest BCUT2D eigenvalue weighted by Gasteiger charge is -2.45. The average molecular weight is 476 g/mol. The van der Waals surface area contributed by atoms with Crippen molar-refractivity contribution in [2.24, 2.45) is 11.1 Å². The van der Waals surface area contributed by atoms with Crippen LogP contribution in [0.5, 0.6) is 0 Å². The number of carbonyl (C=O) groups is 2. The smallest absolute Gasteiger partial charge is 0.298 e. The van der Waals surface area contributed by atoms with Crippen LogP contribution in [0.3, 0.4) is 0 Å². The molecule has 2 aliphatic rings. The van der Waals surface area contributed by atoms with Gasteiger partial charge in [-0.3, -0.25) is 14.3 Å². The summed E-state index contributed by atoms with van der Waals surface area (Å²) in [5.74, 6) is 4.39. The molecule has 180 valence electrons. The number of nitrogens with zero attached hydrogens (tertiary/aromatic N) is 5. The lowest BCUT2D eigenvalue weighted by Crippen LogP contribution is -2.42. The molecule has 4 N–H and O–H groups in total. The minimum absolute atomic E-state index is 0.0106. The van der Waals surface area contributed by atoms with Crippen LogP contribution in [0, 0.1) is 23.1 Å². The second-order valence-electron chi connectivity index (χ2n) is 9.39. The Morgan fingerprint density at radius 1 is 1.31 bits per heavy atom. The lowest BCUT2D eigenvalue weighted by atomic mass is 9.65. The zero-order valence-corrected chi connectivity index (χ0v) is 19.4. The van der Waals surface area contributed by atoms with Crippen LogP contribution >= 0.6 is 0 Å². The van der Waals surface area contributed by atoms with E-state index in [-0.39, 0.29) is 34.6 Å². The molecule has 1 spiro atoms. The van der Waals surface area contributed by atoms with Crippen LogP contribution in [0.2, 0.25) is 0 Å². The summed E-state index contributed by atoms with van der Waals surface area (Å²) < 4.78 is 16.8. The average Bonchev–Trinajstić information content (AvgIpc) is 3.50. The van der Waals surface area contributed by atoms with Crippen molar-refractivity contribution in [3.05, 3.63) is 53.6 Å². The number of likely N-dealkylation sites (tertiary alicyclic amines) is 1. The highest BCUT2D eigenvalue weighted by molar-refractivity contribution is 6.03. The Labute approximate surface area is 201 Å². The molecule has 5 rings (SSSR count). The summed E-state index contributed by atoms with van der Waals surface area (Å²) in [6.45, 7) is 3.38. The standard InChI is InChI=1S/C25H26FN7O2/c1-2-4-20(34)31-8-7-25(15-31)10-19(11-25)33-23(27)21(24(28)35)22(30-33)17-12-29-32(14-17)13-16-5-3-6-18(26)9-16/h3,5-6,9,12,14,19H,7-8,10-11,13,15,27H2,1H3,(H2,28,35). The van der Waals surface area contributed by atoms with Crippen LogP contribution < -0.4 is 11.5 Å². The number of benzene rings is 1. The van der Waals surface area contributed by atoms with E-state index in [0.717, 1.165) is 24.8 Å². The molecule has 2 fully saturated rings. The summed E-state index contributed by atoms with van der Waals surface area (Å²) in [4.78, 5) is 26.2. The number of nitrogen functional groups attached to an aromatic ring is 1. The van der Waals surface area contributed by atoms with Crippen molar-refractivity contribution in [2.75, 3.05) is 18.8 Å². The maximum absolute atomic E-state index is 13.5. The Morgan fingerprint density at radius 3 is 2.83 bits per heavy atom. The van der Waals surface area contributed by atoms with Crippen LogP contribution in [0.4, 0.5) is 10.2 Å². The fourth-order valence-electron chi connectivity index (χ4n) is 5.31. The molecule has 1 saturated carbocycles. The van der Waals surface area contributed by atoms with E-state index in [4.69, 9.17) is 11.5 Å². The van der Waals surface area contributed by atoms with Gasteiger partial charge in [-0.05, 0) is 55.2 Å². The van der Waals surface area contributed by atoms with Crippen LogP contribution in [0.1, 0.15) is 48.1 Å². The van der Waals surface area contributed by atoms with Crippen molar-refractivity contribution in [3.63, 3.8) is 0 Å². The van der Waals surface area contributed by atoms with Gasteiger partial charge in [-0.2, -0.15) is 10.2 Å². The number of aromatic nitrogens is 4. The van der Waals surface area contributed by atoms with Crippen LogP contribution in [0.15, 0.2) is 36.7 Å². The van der Waals surface area contributed by atoms with Crippen LogP contribution in [0.25, 0.3) is 11.3 Å². The van der Waals surface area contributed by atoms with E-state index in [1.807, 2.05) is 6.07 Å². The molecule has 9 nitrogen and oxygen atoms in total. The molecule has 1 aromatic carbocycles. The molecule has 10 heteroatoms. The molecule has 0 unspecified atom stereocenters. The highest BCUT2D eigenvalue weighted by Gasteiger charge is 2.51. The first kappa shape index (κ1) is 22.7. The molecule has 0 atom stereocenters. The third kappa shape index (κ3) is 4.14. The first-order valence-corrected chi connectivity index (χ1v) is 11.5. The van der Waals surface area contributed by atoms with Gasteiger partial charge in [0.05, 0.1) is 18.8 Å². The molecule has 3 heterocycles. The Hall–Kier alpha value is -4.13. The van der Waals surface area contributed by atoms with E-state index in [9.17, 15) is 14.0 Å². The van der Waals surface area contributed by atoms with E-state index < -0.39 is 5.91 Å². The molecular formula is C25H26FN7O2. The molecular weight excluding hydrogens is 449 g/mol. The molecule has 2 amide bonds. The van der Waals surface area contributed by atoms with Gasteiger partial charge in [0.15, 0.2) is 0 Å². The molecule has 1 aliphatic carbocycles. The van der Waals surface area contributed by atoms with Crippen molar-refractivity contribution in [3.8, 4) is 23.1 Å². The van der Waals surface area contributed by atoms with Gasteiger partial charge in [-0.25, -0.2) is 9.07 Å². The first-order chi connectivity index (χ1) is 16.8. The maximum atomic E-state index is 13.5. The normalized spacial score (nSPS) is 21.0. The monoisotopic (exact) mass is 475 g/mol. The van der Waals surface area contributed by atoms with Gasteiger partial charge in [0.25, 0.3) is 11.8 Å². The van der Waals surface area contributed by atoms with E-state index >= 15 is 0 Å². The highest BCUT2D eigenvalue weighted by Crippen LogP contribution is 2.54. The van der Waals surface area contributed by atoms with E-state index in [1.54, 1.807) is 39.6 Å². The molecule has 3 aromatic rings. The fourth-order valence-corrected chi connectivity index (χ4v) is 5.31. The van der Waals surface area contributed by atoms with Gasteiger partial charge in [0.1, 0.15) is 22.9 Å². The summed E-state index contributed by atoms with van der Waals surface area (Å²) >= 11 is 0. The van der Waals surface area contributed by atoms with Crippen molar-refractivity contribution >= 4 is 17.6 Å². The molecule has 0 bridgehead atoms. The molecule has 0 radical (unpaired) electrons. The zero-order chi connectivity index (χ0) is 24.7. The number of amides is 2. The van der Waals surface area contributed by atoms with Crippen molar-refractivity contribution in [1.29, 1.82) is 0 Å². The quantitative estimate of drug-likeness (QED) is 0.547. The minimum Gasteiger partial charge on any atom is -0.383 e. The van der Waals surface area contributed by atoms with E-state index in [0.29, 0.717) is 30.9 Å². The van der Waals surface area contributed by atoms with Crippen molar-refractivity contribution < 1.29 is 14.0 Å². The summed E-state index contributed by atoms with van der Waals surface area (Å²) in [6, 6.07) is 6.30. The van der Waals surface area contributed by atoms with Gasteiger partial charge in [-0.1, -0.05) is 18.1 Å². The van der Waals surface area contributed by atoms with E-state index in [1.165, 1.54) is 12.1 Å². The molecule has 1 aliphatic heterocycles. The van der Waals surface area contributed by atoms with Gasteiger partial charge in [-0.15, -0.1) is 0 Å². The third-order valence-electron chi connectivity index (χ3n) is 6.97. The Morgan fingerprint density at radius 2 is 2.11 bits per heavy atom. The third-order valence-corrected chi connectivity index (χ3v) is 6.97. The van der Waals surface area contributed by atoms with Gasteiger partial charge in [0.2, 0.25) is 0 Å². The Kier molecular flexibility index (Phi) is 5.55. The number of nitrogens with two attached hydrogens (primary N) is 2. The summed E-state index contributed by atoms with van der Waals surface area (Å²) in [5.41, 5.74) is 13.9. The number of primary amides is 1. The van der Waals surface area contributed by atoms with Gasteiger partial charge in [0, 0.05) is 24.8 Å². The number of anilines is 1. The Balaban J connectivity index is 1.36. The molecule has 2 aromatic heterocycles. The molecule has 35 heavy (non-hydrogen) atoms. The second kappa shape index (κ2) is 8.58. The number of halogens is 1. The topological polar surface area (TPSA) is 125 Å². The second-order valence-corrected chi connectivity index (χ2v) is 9.39. The first-order valence-electron chi connectivity index (χ1n) is 11.5. The van der Waals surface area contributed by atoms with Crippen molar-refractivity contribution in [2.45, 2.75) is 38.8 Å². The SMILES string of the molecule is CC#CC(=O)N1CCC2(CC(n3nc(-c4cnn(Cc5cccc(F)c5)c4)c(C(N)=O)c3N)C2)C1. The summed E-state index contributed by atoms with van der Waals surface area (Å²) in [6.07, 6.45) is 5.85. The van der Waals surface area contributed by atoms with E-state index in [2.05, 4.69) is 22.0 Å². The predicted molar refractivity (Wildman–Crippen MR) is 127 cm³/mol. The number of hydrogen-bond donors (Lipinski definition) is 2. The predicted octanol–water partition coefficient (Wildman–Crippen LogP) is 2.19. The number of rotatable bonds is 5. The van der Waals surface area contributed by atoms with Crippen LogP contribution in [-0.4, -0.2) is 49.4 Å². The minimum atomic E-state index is -0.661. The fraction of sp³-hybridized carbons (Fsp3) is 0.360. The van der Waals surface area contributed by atoms with Gasteiger partial charge < -0.3 is 16.4 Å². The zero-order valence-electron chi connectivity index (χ0n) is 19.4. The lowest BCUT2D eigenvalue weighted by molar-refractivity contribution is -0.125. The van der Waals surface area contributed by atoms with Crippen LogP contribution in [-0.2, 0) is 11.3 Å².